The van der Waals surface area contributed by atoms with Crippen LogP contribution in [-0.2, 0) is 6.42 Å². The Bertz CT molecular complexity index is 658. The van der Waals surface area contributed by atoms with Gasteiger partial charge in [-0.25, -0.2) is 15.0 Å². The zero-order chi connectivity index (χ0) is 14.3. The average Bonchev–Trinajstić information content (AvgIpc) is 2.80. The van der Waals surface area contributed by atoms with Gasteiger partial charge in [-0.2, -0.15) is 0 Å². The highest BCUT2D eigenvalue weighted by Gasteiger charge is 2.25. The second-order valence-corrected chi connectivity index (χ2v) is 6.44. The van der Waals surface area contributed by atoms with Gasteiger partial charge < -0.3 is 10.0 Å². The first-order chi connectivity index (χ1) is 9.44. The van der Waals surface area contributed by atoms with Gasteiger partial charge >= 0.3 is 0 Å². The molecule has 2 aromatic heterocycles. The van der Waals surface area contributed by atoms with Crippen LogP contribution < -0.4 is 4.90 Å². The van der Waals surface area contributed by atoms with E-state index in [1.54, 1.807) is 36.7 Å². The van der Waals surface area contributed by atoms with Crippen LogP contribution in [0.1, 0.15) is 17.5 Å². The minimum Gasteiger partial charge on any atom is -0.386 e. The Hall–Kier alpha value is -1.79. The second-order valence-electron chi connectivity index (χ2n) is 5.36. The standard InChI is InChI=1S/C14H16N4OS/c1-14(19)5-4-10-11(6-14)20-12(17-10)9-7-15-13(16-8-9)18(2)3/h4-5,7-8,19H,6H2,1-3H3. The van der Waals surface area contributed by atoms with E-state index in [9.17, 15) is 5.11 Å². The summed E-state index contributed by atoms with van der Waals surface area (Å²) in [4.78, 5) is 16.2. The van der Waals surface area contributed by atoms with Crippen molar-refractivity contribution < 1.29 is 5.11 Å². The molecule has 0 saturated heterocycles. The van der Waals surface area contributed by atoms with Gasteiger partial charge in [0.2, 0.25) is 5.95 Å². The van der Waals surface area contributed by atoms with Crippen molar-refractivity contribution in [2.24, 2.45) is 0 Å². The highest BCUT2D eigenvalue weighted by Crippen LogP contribution is 2.34. The summed E-state index contributed by atoms with van der Waals surface area (Å²) in [5.41, 5.74) is 1.07. The van der Waals surface area contributed by atoms with E-state index in [2.05, 4.69) is 15.0 Å². The minimum absolute atomic E-state index is 0.604. The second kappa shape index (κ2) is 4.64. The smallest absolute Gasteiger partial charge is 0.224 e. The van der Waals surface area contributed by atoms with Gasteiger partial charge in [-0.05, 0) is 13.0 Å². The maximum atomic E-state index is 10.1. The third kappa shape index (κ3) is 2.44. The van der Waals surface area contributed by atoms with Crippen LogP contribution in [0.25, 0.3) is 16.6 Å². The quantitative estimate of drug-likeness (QED) is 0.915. The Labute approximate surface area is 121 Å². The fourth-order valence-corrected chi connectivity index (χ4v) is 3.23. The average molecular weight is 288 g/mol. The van der Waals surface area contributed by atoms with Crippen molar-refractivity contribution in [3.63, 3.8) is 0 Å². The van der Waals surface area contributed by atoms with E-state index in [0.29, 0.717) is 12.4 Å². The molecule has 0 bridgehead atoms. The van der Waals surface area contributed by atoms with Crippen LogP contribution in [-0.4, -0.2) is 39.8 Å². The first kappa shape index (κ1) is 13.2. The Balaban J connectivity index is 1.93. The van der Waals surface area contributed by atoms with E-state index < -0.39 is 5.60 Å². The van der Waals surface area contributed by atoms with Crippen LogP contribution in [0.2, 0.25) is 0 Å². The van der Waals surface area contributed by atoms with Gasteiger partial charge in [0.25, 0.3) is 0 Å². The van der Waals surface area contributed by atoms with Gasteiger partial charge in [0.05, 0.1) is 11.3 Å². The Morgan fingerprint density at radius 2 is 2.00 bits per heavy atom. The van der Waals surface area contributed by atoms with Crippen LogP contribution in [0.15, 0.2) is 18.5 Å². The van der Waals surface area contributed by atoms with Gasteiger partial charge in [0.15, 0.2) is 0 Å². The molecule has 1 N–H and O–H groups in total. The number of nitrogens with zero attached hydrogens (tertiary/aromatic N) is 4. The summed E-state index contributed by atoms with van der Waals surface area (Å²) in [6.07, 6.45) is 7.86. The lowest BCUT2D eigenvalue weighted by Gasteiger charge is -2.21. The molecular formula is C14H16N4OS. The number of fused-ring (bicyclic) bond motifs is 1. The molecule has 1 atom stereocenters. The maximum absolute atomic E-state index is 10.1. The molecule has 0 amide bonds. The highest BCUT2D eigenvalue weighted by atomic mass is 32.1. The van der Waals surface area contributed by atoms with Crippen LogP contribution in [0.3, 0.4) is 0 Å². The van der Waals surface area contributed by atoms with E-state index >= 15 is 0 Å². The number of rotatable bonds is 2. The predicted molar refractivity (Wildman–Crippen MR) is 80.8 cm³/mol. The number of aromatic nitrogens is 3. The molecule has 5 nitrogen and oxygen atoms in total. The molecular weight excluding hydrogens is 272 g/mol. The Morgan fingerprint density at radius 1 is 1.30 bits per heavy atom. The molecule has 2 heterocycles. The third-order valence-electron chi connectivity index (χ3n) is 3.13. The molecule has 1 aliphatic rings. The molecule has 1 aliphatic carbocycles. The monoisotopic (exact) mass is 288 g/mol. The van der Waals surface area contributed by atoms with Gasteiger partial charge in [-0.3, -0.25) is 0 Å². The Kier molecular flexibility index (Phi) is 3.07. The van der Waals surface area contributed by atoms with E-state index in [-0.39, 0.29) is 0 Å². The number of hydrogen-bond donors (Lipinski definition) is 1. The lowest BCUT2D eigenvalue weighted by atomic mass is 9.95. The van der Waals surface area contributed by atoms with Crippen molar-refractivity contribution in [3.8, 4) is 10.6 Å². The fourth-order valence-electron chi connectivity index (χ4n) is 2.05. The normalized spacial score (nSPS) is 20.8. The van der Waals surface area contributed by atoms with Crippen molar-refractivity contribution in [3.05, 3.63) is 29.0 Å². The first-order valence-electron chi connectivity index (χ1n) is 6.36. The molecule has 3 rings (SSSR count). The van der Waals surface area contributed by atoms with Crippen molar-refractivity contribution in [1.29, 1.82) is 0 Å². The van der Waals surface area contributed by atoms with Crippen molar-refractivity contribution in [2.45, 2.75) is 18.9 Å². The van der Waals surface area contributed by atoms with Gasteiger partial charge in [0, 0.05) is 43.4 Å². The third-order valence-corrected chi connectivity index (χ3v) is 4.25. The summed E-state index contributed by atoms with van der Waals surface area (Å²) < 4.78 is 0. The molecule has 0 saturated carbocycles. The van der Waals surface area contributed by atoms with Crippen molar-refractivity contribution in [1.82, 2.24) is 15.0 Å². The van der Waals surface area contributed by atoms with E-state index in [0.717, 1.165) is 21.1 Å². The molecule has 0 radical (unpaired) electrons. The molecule has 6 heteroatoms. The lowest BCUT2D eigenvalue weighted by molar-refractivity contribution is 0.112. The summed E-state index contributed by atoms with van der Waals surface area (Å²) in [7, 11) is 3.81. The van der Waals surface area contributed by atoms with Crippen molar-refractivity contribution in [2.75, 3.05) is 19.0 Å². The maximum Gasteiger partial charge on any atom is 0.224 e. The van der Waals surface area contributed by atoms with Gasteiger partial charge in [-0.15, -0.1) is 11.3 Å². The molecule has 0 fully saturated rings. The van der Waals surface area contributed by atoms with Crippen LogP contribution in [0, 0.1) is 0 Å². The number of hydrogen-bond acceptors (Lipinski definition) is 6. The van der Waals surface area contributed by atoms with Crippen LogP contribution in [0.5, 0.6) is 0 Å². The van der Waals surface area contributed by atoms with Gasteiger partial charge in [0.1, 0.15) is 5.01 Å². The zero-order valence-electron chi connectivity index (χ0n) is 11.7. The van der Waals surface area contributed by atoms with E-state index in [4.69, 9.17) is 0 Å². The number of anilines is 1. The van der Waals surface area contributed by atoms with E-state index in [1.165, 1.54) is 0 Å². The largest absolute Gasteiger partial charge is 0.386 e. The molecule has 2 aromatic rings. The highest BCUT2D eigenvalue weighted by molar-refractivity contribution is 7.15. The summed E-state index contributed by atoms with van der Waals surface area (Å²) >= 11 is 1.59. The van der Waals surface area contributed by atoms with Crippen LogP contribution in [0.4, 0.5) is 5.95 Å². The first-order valence-corrected chi connectivity index (χ1v) is 7.17. The summed E-state index contributed by atoms with van der Waals surface area (Å²) in [6.45, 7) is 1.81. The molecule has 0 aromatic carbocycles. The predicted octanol–water partition coefficient (Wildman–Crippen LogP) is 1.99. The van der Waals surface area contributed by atoms with Gasteiger partial charge in [-0.1, -0.05) is 6.08 Å². The molecule has 0 spiro atoms. The summed E-state index contributed by atoms with van der Waals surface area (Å²) in [5, 5.41) is 11.0. The summed E-state index contributed by atoms with van der Waals surface area (Å²) in [6, 6.07) is 0. The molecule has 20 heavy (non-hydrogen) atoms. The summed E-state index contributed by atoms with van der Waals surface area (Å²) in [5.74, 6) is 0.679. The SMILES string of the molecule is CN(C)c1ncc(-c2nc3c(s2)CC(C)(O)C=C3)cn1. The molecule has 104 valence electrons. The number of aliphatic hydroxyl groups is 1. The van der Waals surface area contributed by atoms with Crippen LogP contribution >= 0.6 is 11.3 Å². The van der Waals surface area contributed by atoms with Crippen molar-refractivity contribution >= 4 is 23.4 Å². The Morgan fingerprint density at radius 3 is 2.65 bits per heavy atom. The minimum atomic E-state index is -0.776. The fraction of sp³-hybridized carbons (Fsp3) is 0.357. The zero-order valence-corrected chi connectivity index (χ0v) is 12.5. The molecule has 1 unspecified atom stereocenters. The molecule has 0 aliphatic heterocycles. The van der Waals surface area contributed by atoms with E-state index in [1.807, 2.05) is 25.1 Å². The topological polar surface area (TPSA) is 62.1 Å². The number of thiazole rings is 1. The lowest BCUT2D eigenvalue weighted by Crippen LogP contribution is -2.25.